The quantitative estimate of drug-likeness (QED) is 0.772. The van der Waals surface area contributed by atoms with E-state index in [0.717, 1.165) is 38.4 Å². The van der Waals surface area contributed by atoms with Gasteiger partial charge in [0.25, 0.3) is 0 Å². The third kappa shape index (κ3) is 3.06. The summed E-state index contributed by atoms with van der Waals surface area (Å²) in [4.78, 5) is 8.10. The van der Waals surface area contributed by atoms with Crippen LogP contribution in [0, 0.1) is 5.92 Å². The summed E-state index contributed by atoms with van der Waals surface area (Å²) in [5.41, 5.74) is 5.53. The van der Waals surface area contributed by atoms with Crippen LogP contribution in [0.15, 0.2) is 12.4 Å². The van der Waals surface area contributed by atoms with E-state index in [-0.39, 0.29) is 0 Å². The van der Waals surface area contributed by atoms with Gasteiger partial charge in [0, 0.05) is 19.8 Å². The number of ether oxygens (including phenoxy) is 1. The highest BCUT2D eigenvalue weighted by Gasteiger charge is 2.13. The lowest BCUT2D eigenvalue weighted by Crippen LogP contribution is -2.23. The fourth-order valence-corrected chi connectivity index (χ4v) is 1.67. The summed E-state index contributed by atoms with van der Waals surface area (Å²) in [7, 11) is 0. The summed E-state index contributed by atoms with van der Waals surface area (Å²) < 4.78 is 5.30. The van der Waals surface area contributed by atoms with Gasteiger partial charge < -0.3 is 15.8 Å². The molecular weight excluding hydrogens is 192 g/mol. The Morgan fingerprint density at radius 1 is 1.40 bits per heavy atom. The molecule has 0 bridgehead atoms. The molecule has 0 atom stereocenters. The number of aromatic nitrogens is 2. The molecule has 0 radical (unpaired) electrons. The van der Waals surface area contributed by atoms with Gasteiger partial charge in [0.05, 0.1) is 12.4 Å². The molecule has 0 saturated carbocycles. The van der Waals surface area contributed by atoms with Gasteiger partial charge in [-0.05, 0) is 18.8 Å². The van der Waals surface area contributed by atoms with Crippen LogP contribution < -0.4 is 11.1 Å². The fourth-order valence-electron chi connectivity index (χ4n) is 1.67. The molecular formula is C10H16N4O. The van der Waals surface area contributed by atoms with Gasteiger partial charge in [0.1, 0.15) is 11.6 Å². The Bertz CT molecular complexity index is 312. The molecule has 1 aromatic rings. The van der Waals surface area contributed by atoms with Crippen LogP contribution in [0.4, 0.5) is 11.6 Å². The molecule has 1 aliphatic heterocycles. The molecule has 0 amide bonds. The van der Waals surface area contributed by atoms with Gasteiger partial charge in [-0.1, -0.05) is 0 Å². The van der Waals surface area contributed by atoms with E-state index in [2.05, 4.69) is 15.3 Å². The maximum absolute atomic E-state index is 5.53. The number of hydrogen-bond acceptors (Lipinski definition) is 5. The van der Waals surface area contributed by atoms with Crippen molar-refractivity contribution in [2.75, 3.05) is 30.8 Å². The van der Waals surface area contributed by atoms with E-state index in [1.54, 1.807) is 12.4 Å². The first-order valence-electron chi connectivity index (χ1n) is 5.24. The molecule has 2 rings (SSSR count). The van der Waals surface area contributed by atoms with Gasteiger partial charge in [-0.15, -0.1) is 0 Å². The van der Waals surface area contributed by atoms with Crippen LogP contribution in [0.2, 0.25) is 0 Å². The molecule has 1 fully saturated rings. The predicted octanol–water partition coefficient (Wildman–Crippen LogP) is 0.897. The van der Waals surface area contributed by atoms with Crippen molar-refractivity contribution in [3.05, 3.63) is 12.4 Å². The molecule has 3 N–H and O–H groups in total. The second-order valence-corrected chi connectivity index (χ2v) is 3.77. The maximum atomic E-state index is 5.53. The van der Waals surface area contributed by atoms with Crippen LogP contribution >= 0.6 is 0 Å². The third-order valence-corrected chi connectivity index (χ3v) is 2.57. The lowest BCUT2D eigenvalue weighted by atomic mass is 10.0. The monoisotopic (exact) mass is 208 g/mol. The summed E-state index contributed by atoms with van der Waals surface area (Å²) in [6, 6.07) is 0. The smallest absolute Gasteiger partial charge is 0.146 e. The van der Waals surface area contributed by atoms with Crippen LogP contribution in [-0.2, 0) is 4.74 Å². The molecule has 0 unspecified atom stereocenters. The Morgan fingerprint density at radius 3 is 2.93 bits per heavy atom. The van der Waals surface area contributed by atoms with Gasteiger partial charge in [0.15, 0.2) is 0 Å². The molecule has 5 nitrogen and oxygen atoms in total. The molecule has 1 saturated heterocycles. The maximum Gasteiger partial charge on any atom is 0.146 e. The van der Waals surface area contributed by atoms with Gasteiger partial charge >= 0.3 is 0 Å². The summed E-state index contributed by atoms with van der Waals surface area (Å²) in [6.07, 6.45) is 5.46. The SMILES string of the molecule is Nc1cncc(NCC2CCOCC2)n1. The zero-order chi connectivity index (χ0) is 10.5. The Morgan fingerprint density at radius 2 is 2.20 bits per heavy atom. The van der Waals surface area contributed by atoms with E-state index in [1.807, 2.05) is 0 Å². The van der Waals surface area contributed by atoms with Gasteiger partial charge in [-0.3, -0.25) is 4.98 Å². The third-order valence-electron chi connectivity index (χ3n) is 2.57. The Kier molecular flexibility index (Phi) is 3.34. The number of nitrogens with two attached hydrogens (primary N) is 1. The highest BCUT2D eigenvalue weighted by molar-refractivity contribution is 5.38. The van der Waals surface area contributed by atoms with Gasteiger partial charge in [-0.25, -0.2) is 4.98 Å². The lowest BCUT2D eigenvalue weighted by molar-refractivity contribution is 0.0699. The minimum Gasteiger partial charge on any atom is -0.382 e. The first-order chi connectivity index (χ1) is 7.34. The highest BCUT2D eigenvalue weighted by atomic mass is 16.5. The van der Waals surface area contributed by atoms with Crippen molar-refractivity contribution in [3.63, 3.8) is 0 Å². The normalized spacial score (nSPS) is 17.6. The van der Waals surface area contributed by atoms with E-state index in [0.29, 0.717) is 11.7 Å². The number of anilines is 2. The predicted molar refractivity (Wildman–Crippen MR) is 58.5 cm³/mol. The molecule has 1 aliphatic rings. The van der Waals surface area contributed by atoms with Crippen molar-refractivity contribution >= 4 is 11.6 Å². The zero-order valence-electron chi connectivity index (χ0n) is 8.65. The molecule has 0 spiro atoms. The second-order valence-electron chi connectivity index (χ2n) is 3.77. The Balaban J connectivity index is 1.81. The van der Waals surface area contributed by atoms with E-state index in [4.69, 9.17) is 10.5 Å². The molecule has 0 aliphatic carbocycles. The molecule has 1 aromatic heterocycles. The summed E-state index contributed by atoms with van der Waals surface area (Å²) in [6.45, 7) is 2.66. The van der Waals surface area contributed by atoms with E-state index >= 15 is 0 Å². The van der Waals surface area contributed by atoms with Crippen molar-refractivity contribution in [2.45, 2.75) is 12.8 Å². The van der Waals surface area contributed by atoms with Crippen molar-refractivity contribution in [2.24, 2.45) is 5.92 Å². The standard InChI is InChI=1S/C10H16N4O/c11-9-6-12-7-10(14-9)13-5-8-1-3-15-4-2-8/h6-8H,1-5H2,(H3,11,13,14). The molecule has 15 heavy (non-hydrogen) atoms. The van der Waals surface area contributed by atoms with E-state index in [1.165, 1.54) is 0 Å². The van der Waals surface area contributed by atoms with Crippen molar-refractivity contribution in [3.8, 4) is 0 Å². The Labute approximate surface area is 89.1 Å². The summed E-state index contributed by atoms with van der Waals surface area (Å²) in [5.74, 6) is 1.87. The van der Waals surface area contributed by atoms with E-state index in [9.17, 15) is 0 Å². The van der Waals surface area contributed by atoms with Gasteiger partial charge in [-0.2, -0.15) is 0 Å². The average Bonchev–Trinajstić information content (AvgIpc) is 2.28. The number of nitrogen functional groups attached to an aromatic ring is 1. The number of nitrogens with zero attached hydrogens (tertiary/aromatic N) is 2. The highest BCUT2D eigenvalue weighted by Crippen LogP contribution is 2.15. The number of nitrogens with one attached hydrogen (secondary N) is 1. The zero-order valence-corrected chi connectivity index (χ0v) is 8.65. The van der Waals surface area contributed by atoms with Crippen molar-refractivity contribution < 1.29 is 4.74 Å². The Hall–Kier alpha value is -1.36. The van der Waals surface area contributed by atoms with E-state index < -0.39 is 0 Å². The molecule has 0 aromatic carbocycles. The number of hydrogen-bond donors (Lipinski definition) is 2. The number of rotatable bonds is 3. The van der Waals surface area contributed by atoms with Gasteiger partial charge in [0.2, 0.25) is 0 Å². The minimum absolute atomic E-state index is 0.451. The second kappa shape index (κ2) is 4.93. The minimum atomic E-state index is 0.451. The van der Waals surface area contributed by atoms with Crippen LogP contribution in [0.5, 0.6) is 0 Å². The lowest BCUT2D eigenvalue weighted by Gasteiger charge is -2.22. The largest absolute Gasteiger partial charge is 0.382 e. The van der Waals surface area contributed by atoms with Crippen LogP contribution in [-0.4, -0.2) is 29.7 Å². The fraction of sp³-hybridized carbons (Fsp3) is 0.600. The summed E-state index contributed by atoms with van der Waals surface area (Å²) in [5, 5.41) is 3.25. The van der Waals surface area contributed by atoms with Crippen molar-refractivity contribution in [1.82, 2.24) is 9.97 Å². The molecule has 2 heterocycles. The topological polar surface area (TPSA) is 73.1 Å². The van der Waals surface area contributed by atoms with Crippen LogP contribution in [0.1, 0.15) is 12.8 Å². The first kappa shape index (κ1) is 10.2. The summed E-state index contributed by atoms with van der Waals surface area (Å²) >= 11 is 0. The van der Waals surface area contributed by atoms with Crippen molar-refractivity contribution in [1.29, 1.82) is 0 Å². The van der Waals surface area contributed by atoms with Crippen LogP contribution in [0.3, 0.4) is 0 Å². The molecule has 82 valence electrons. The van der Waals surface area contributed by atoms with Crippen LogP contribution in [0.25, 0.3) is 0 Å². The average molecular weight is 208 g/mol. The molecule has 5 heteroatoms. The first-order valence-corrected chi connectivity index (χ1v) is 5.24.